The van der Waals surface area contributed by atoms with Gasteiger partial charge in [-0.3, -0.25) is 0 Å². The minimum Gasteiger partial charge on any atom is -0.392 e. The SMILES string of the molecule is C[C@@H](O)CNc1cc(Cl)c(Cl)cc1Cl. The molecule has 5 heteroatoms. The molecule has 14 heavy (non-hydrogen) atoms. The molecule has 0 saturated heterocycles. The molecule has 0 radical (unpaired) electrons. The van der Waals surface area contributed by atoms with Crippen molar-refractivity contribution in [2.75, 3.05) is 11.9 Å². The molecular formula is C9H10Cl3NO. The van der Waals surface area contributed by atoms with Crippen molar-refractivity contribution >= 4 is 40.5 Å². The smallest absolute Gasteiger partial charge is 0.0684 e. The van der Waals surface area contributed by atoms with Gasteiger partial charge in [0.25, 0.3) is 0 Å². The lowest BCUT2D eigenvalue weighted by molar-refractivity contribution is 0.208. The number of nitrogens with one attached hydrogen (secondary N) is 1. The molecule has 0 spiro atoms. The Morgan fingerprint density at radius 1 is 1.21 bits per heavy atom. The van der Waals surface area contributed by atoms with Crippen molar-refractivity contribution in [3.05, 3.63) is 27.2 Å². The third-order valence-corrected chi connectivity index (χ3v) is 2.63. The Bertz CT molecular complexity index is 328. The predicted octanol–water partition coefficient (Wildman–Crippen LogP) is 3.44. The molecule has 0 amide bonds. The van der Waals surface area contributed by atoms with Gasteiger partial charge in [-0.05, 0) is 19.1 Å². The Hall–Kier alpha value is -0.150. The van der Waals surface area contributed by atoms with Crippen LogP contribution in [-0.2, 0) is 0 Å². The van der Waals surface area contributed by atoms with E-state index in [2.05, 4.69) is 5.32 Å². The minimum atomic E-state index is -0.444. The van der Waals surface area contributed by atoms with Gasteiger partial charge >= 0.3 is 0 Å². The van der Waals surface area contributed by atoms with Crippen molar-refractivity contribution in [2.24, 2.45) is 0 Å². The summed E-state index contributed by atoms with van der Waals surface area (Å²) in [6, 6.07) is 3.20. The number of benzene rings is 1. The van der Waals surface area contributed by atoms with Crippen molar-refractivity contribution in [2.45, 2.75) is 13.0 Å². The van der Waals surface area contributed by atoms with Gasteiger partial charge < -0.3 is 10.4 Å². The van der Waals surface area contributed by atoms with Gasteiger partial charge in [0.2, 0.25) is 0 Å². The van der Waals surface area contributed by atoms with E-state index < -0.39 is 6.10 Å². The van der Waals surface area contributed by atoms with Gasteiger partial charge in [0, 0.05) is 6.54 Å². The van der Waals surface area contributed by atoms with E-state index in [9.17, 15) is 0 Å². The van der Waals surface area contributed by atoms with Gasteiger partial charge in [-0.2, -0.15) is 0 Å². The van der Waals surface area contributed by atoms with Gasteiger partial charge in [0.1, 0.15) is 0 Å². The highest BCUT2D eigenvalue weighted by molar-refractivity contribution is 6.44. The number of halogens is 3. The molecule has 0 heterocycles. The minimum absolute atomic E-state index is 0.414. The summed E-state index contributed by atoms with van der Waals surface area (Å²) >= 11 is 17.5. The van der Waals surface area contributed by atoms with Gasteiger partial charge in [-0.15, -0.1) is 0 Å². The first-order valence-electron chi connectivity index (χ1n) is 4.07. The van der Waals surface area contributed by atoms with Crippen LogP contribution in [0.1, 0.15) is 6.92 Å². The van der Waals surface area contributed by atoms with Gasteiger partial charge in [-0.25, -0.2) is 0 Å². The van der Waals surface area contributed by atoms with Crippen LogP contribution in [0.3, 0.4) is 0 Å². The third-order valence-electron chi connectivity index (χ3n) is 1.60. The Balaban J connectivity index is 2.82. The summed E-state index contributed by atoms with van der Waals surface area (Å²) in [6.45, 7) is 2.09. The van der Waals surface area contributed by atoms with E-state index >= 15 is 0 Å². The molecule has 0 aliphatic carbocycles. The fourth-order valence-corrected chi connectivity index (χ4v) is 1.53. The second kappa shape index (κ2) is 5.08. The van der Waals surface area contributed by atoms with E-state index in [0.29, 0.717) is 27.3 Å². The van der Waals surface area contributed by atoms with E-state index in [4.69, 9.17) is 39.9 Å². The fraction of sp³-hybridized carbons (Fsp3) is 0.333. The first kappa shape index (κ1) is 11.9. The van der Waals surface area contributed by atoms with Gasteiger partial charge in [-0.1, -0.05) is 34.8 Å². The molecule has 0 aromatic heterocycles. The quantitative estimate of drug-likeness (QED) is 0.810. The Kier molecular flexibility index (Phi) is 4.32. The summed E-state index contributed by atoms with van der Waals surface area (Å²) in [4.78, 5) is 0. The van der Waals surface area contributed by atoms with Crippen LogP contribution in [0.15, 0.2) is 12.1 Å². The maximum atomic E-state index is 9.06. The first-order valence-corrected chi connectivity index (χ1v) is 5.20. The van der Waals surface area contributed by atoms with Crippen molar-refractivity contribution in [3.63, 3.8) is 0 Å². The Labute approximate surface area is 97.8 Å². The molecule has 0 unspecified atom stereocenters. The van der Waals surface area contributed by atoms with Crippen LogP contribution in [0.5, 0.6) is 0 Å². The highest BCUT2D eigenvalue weighted by Crippen LogP contribution is 2.32. The summed E-state index contributed by atoms with van der Waals surface area (Å²) in [5.41, 5.74) is 0.668. The van der Waals surface area contributed by atoms with Crippen LogP contribution >= 0.6 is 34.8 Å². The molecule has 1 aromatic rings. The lowest BCUT2D eigenvalue weighted by Gasteiger charge is -2.10. The summed E-state index contributed by atoms with van der Waals surface area (Å²) < 4.78 is 0. The maximum Gasteiger partial charge on any atom is 0.0684 e. The fourth-order valence-electron chi connectivity index (χ4n) is 0.916. The molecule has 0 bridgehead atoms. The zero-order valence-corrected chi connectivity index (χ0v) is 9.79. The summed E-state index contributed by atoms with van der Waals surface area (Å²) in [7, 11) is 0. The summed E-state index contributed by atoms with van der Waals surface area (Å²) in [5.74, 6) is 0. The largest absolute Gasteiger partial charge is 0.392 e. The standard InChI is InChI=1S/C9H10Cl3NO/c1-5(14)4-13-9-3-7(11)6(10)2-8(9)12/h2-3,5,13-14H,4H2,1H3/t5-/m1/s1. The third kappa shape index (κ3) is 3.21. The van der Waals surface area contributed by atoms with E-state index in [1.165, 1.54) is 0 Å². The van der Waals surface area contributed by atoms with Crippen LogP contribution < -0.4 is 5.32 Å². The molecule has 0 aliphatic rings. The lowest BCUT2D eigenvalue weighted by Crippen LogP contribution is -2.15. The number of hydrogen-bond donors (Lipinski definition) is 2. The molecule has 1 aromatic carbocycles. The molecular weight excluding hydrogens is 244 g/mol. The highest BCUT2D eigenvalue weighted by Gasteiger charge is 2.06. The Morgan fingerprint density at radius 2 is 1.79 bits per heavy atom. The second-order valence-electron chi connectivity index (χ2n) is 2.98. The molecule has 0 aliphatic heterocycles. The van der Waals surface area contributed by atoms with E-state index in [-0.39, 0.29) is 0 Å². The van der Waals surface area contributed by atoms with Crippen LogP contribution in [0.4, 0.5) is 5.69 Å². The number of rotatable bonds is 3. The van der Waals surface area contributed by atoms with Crippen LogP contribution in [0.2, 0.25) is 15.1 Å². The van der Waals surface area contributed by atoms with Gasteiger partial charge in [0.05, 0.1) is 26.9 Å². The van der Waals surface area contributed by atoms with E-state index in [0.717, 1.165) is 0 Å². The summed E-state index contributed by atoms with van der Waals surface area (Å²) in [5, 5.41) is 13.4. The van der Waals surface area contributed by atoms with E-state index in [1.54, 1.807) is 19.1 Å². The van der Waals surface area contributed by atoms with Crippen molar-refractivity contribution < 1.29 is 5.11 Å². The molecule has 1 rings (SSSR count). The monoisotopic (exact) mass is 253 g/mol. The Morgan fingerprint density at radius 3 is 2.36 bits per heavy atom. The number of hydrogen-bond acceptors (Lipinski definition) is 2. The predicted molar refractivity (Wildman–Crippen MR) is 61.6 cm³/mol. The number of aliphatic hydroxyl groups excluding tert-OH is 1. The molecule has 0 saturated carbocycles. The molecule has 0 fully saturated rings. The maximum absolute atomic E-state index is 9.06. The van der Waals surface area contributed by atoms with Crippen molar-refractivity contribution in [1.82, 2.24) is 0 Å². The van der Waals surface area contributed by atoms with E-state index in [1.807, 2.05) is 0 Å². The van der Waals surface area contributed by atoms with Crippen LogP contribution in [0.25, 0.3) is 0 Å². The molecule has 78 valence electrons. The average molecular weight is 255 g/mol. The number of aliphatic hydroxyl groups is 1. The van der Waals surface area contributed by atoms with Crippen molar-refractivity contribution in [1.29, 1.82) is 0 Å². The van der Waals surface area contributed by atoms with Gasteiger partial charge in [0.15, 0.2) is 0 Å². The zero-order chi connectivity index (χ0) is 10.7. The topological polar surface area (TPSA) is 32.3 Å². The van der Waals surface area contributed by atoms with Crippen LogP contribution in [-0.4, -0.2) is 17.8 Å². The van der Waals surface area contributed by atoms with Crippen molar-refractivity contribution in [3.8, 4) is 0 Å². The average Bonchev–Trinajstić information content (AvgIpc) is 2.09. The lowest BCUT2D eigenvalue weighted by atomic mass is 10.3. The molecule has 1 atom stereocenters. The molecule has 2 nitrogen and oxygen atoms in total. The first-order chi connectivity index (χ1) is 6.50. The summed E-state index contributed by atoms with van der Waals surface area (Å²) in [6.07, 6.45) is -0.444. The van der Waals surface area contributed by atoms with Crippen LogP contribution in [0, 0.1) is 0 Å². The normalized spacial score (nSPS) is 12.6. The highest BCUT2D eigenvalue weighted by atomic mass is 35.5. The zero-order valence-electron chi connectivity index (χ0n) is 7.52. The second-order valence-corrected chi connectivity index (χ2v) is 4.20. The molecule has 2 N–H and O–H groups in total. The number of anilines is 1.